The summed E-state index contributed by atoms with van der Waals surface area (Å²) in [5, 5.41) is 26.6. The van der Waals surface area contributed by atoms with E-state index in [-0.39, 0.29) is 17.1 Å². The lowest BCUT2D eigenvalue weighted by Crippen LogP contribution is -2.39. The monoisotopic (exact) mass is 530 g/mol. The number of aliphatic hydroxyl groups is 2. The van der Waals surface area contributed by atoms with Gasteiger partial charge in [0.15, 0.2) is 17.7 Å². The van der Waals surface area contributed by atoms with Crippen molar-refractivity contribution < 1.29 is 24.1 Å². The molecular formula is C25H35FN8O4. The number of hydrogen-bond acceptors (Lipinski definition) is 9. The molecule has 13 heteroatoms. The molecule has 4 rings (SSSR count). The van der Waals surface area contributed by atoms with Gasteiger partial charge in [0.25, 0.3) is 0 Å². The number of anilines is 2. The number of aliphatic hydroxyl groups excluding tert-OH is 2. The molecule has 6 N–H and O–H groups in total. The van der Waals surface area contributed by atoms with Crippen LogP contribution >= 0.6 is 0 Å². The molecule has 206 valence electrons. The van der Waals surface area contributed by atoms with Gasteiger partial charge < -0.3 is 36.2 Å². The van der Waals surface area contributed by atoms with Gasteiger partial charge in [0.1, 0.15) is 36.0 Å². The molecule has 1 aromatic carbocycles. The molecule has 1 unspecified atom stereocenters. The molecule has 3 aromatic rings. The summed E-state index contributed by atoms with van der Waals surface area (Å²) in [5.74, 6) is -0.148. The van der Waals surface area contributed by atoms with Crippen molar-refractivity contribution in [3.05, 3.63) is 42.2 Å². The van der Waals surface area contributed by atoms with Gasteiger partial charge in [0, 0.05) is 18.8 Å². The lowest BCUT2D eigenvalue weighted by molar-refractivity contribution is -0.0421. The summed E-state index contributed by atoms with van der Waals surface area (Å²) >= 11 is 0. The number of nitrogens with zero attached hydrogens (tertiary/aromatic N) is 5. The Morgan fingerprint density at radius 1 is 1.24 bits per heavy atom. The van der Waals surface area contributed by atoms with Crippen molar-refractivity contribution in [3.63, 3.8) is 0 Å². The van der Waals surface area contributed by atoms with Crippen molar-refractivity contribution in [2.75, 3.05) is 37.7 Å². The van der Waals surface area contributed by atoms with Gasteiger partial charge in [0.2, 0.25) is 0 Å². The molecule has 1 fully saturated rings. The molecule has 1 saturated heterocycles. The first-order chi connectivity index (χ1) is 18.0. The zero-order chi connectivity index (χ0) is 27.6. The normalized spacial score (nSPS) is 21.8. The van der Waals surface area contributed by atoms with Crippen molar-refractivity contribution in [1.29, 1.82) is 0 Å². The SMILES string of the molecule is CN(CCCNC(=O)Nc1ccc(C(C)(C)C)c(F)c1)C[C@H]1OC(n2cnc3c(N)ncnc32)[C@H](O)[C@@H]1O. The number of urea groups is 1. The Bertz CT molecular complexity index is 1280. The van der Waals surface area contributed by atoms with Crippen molar-refractivity contribution in [2.45, 2.75) is 57.1 Å². The molecule has 3 heterocycles. The van der Waals surface area contributed by atoms with Crippen molar-refractivity contribution in [3.8, 4) is 0 Å². The third-order valence-electron chi connectivity index (χ3n) is 6.53. The summed E-state index contributed by atoms with van der Waals surface area (Å²) in [6.45, 7) is 7.12. The molecule has 2 amide bonds. The molecule has 0 saturated carbocycles. The predicted octanol–water partition coefficient (Wildman–Crippen LogP) is 1.61. The quantitative estimate of drug-likeness (QED) is 0.272. The number of benzene rings is 1. The third kappa shape index (κ3) is 6.01. The second-order valence-corrected chi connectivity index (χ2v) is 10.6. The van der Waals surface area contributed by atoms with Gasteiger partial charge in [0.05, 0.1) is 6.33 Å². The fourth-order valence-corrected chi connectivity index (χ4v) is 4.49. The number of halogens is 1. The van der Waals surface area contributed by atoms with Crippen LogP contribution in [-0.2, 0) is 10.2 Å². The summed E-state index contributed by atoms with van der Waals surface area (Å²) < 4.78 is 21.9. The number of ether oxygens (including phenoxy) is 1. The molecule has 12 nitrogen and oxygen atoms in total. The Morgan fingerprint density at radius 3 is 2.71 bits per heavy atom. The maximum absolute atomic E-state index is 14.4. The van der Waals surface area contributed by atoms with E-state index in [0.29, 0.717) is 48.5 Å². The molecule has 1 aliphatic rings. The zero-order valence-electron chi connectivity index (χ0n) is 21.9. The van der Waals surface area contributed by atoms with Crippen molar-refractivity contribution in [2.24, 2.45) is 0 Å². The number of fused-ring (bicyclic) bond motifs is 1. The van der Waals surface area contributed by atoms with E-state index in [1.54, 1.807) is 12.1 Å². The second-order valence-electron chi connectivity index (χ2n) is 10.6. The maximum atomic E-state index is 14.4. The summed E-state index contributed by atoms with van der Waals surface area (Å²) in [6, 6.07) is 4.25. The van der Waals surface area contributed by atoms with Crippen molar-refractivity contribution >= 4 is 28.7 Å². The molecule has 0 aliphatic carbocycles. The average molecular weight is 531 g/mol. The number of nitrogens with one attached hydrogen (secondary N) is 2. The lowest BCUT2D eigenvalue weighted by atomic mass is 9.86. The van der Waals surface area contributed by atoms with Crippen LogP contribution in [0, 0.1) is 5.82 Å². The van der Waals surface area contributed by atoms with Gasteiger partial charge in [-0.05, 0) is 43.1 Å². The molecule has 1 aliphatic heterocycles. The topological polar surface area (TPSA) is 164 Å². The summed E-state index contributed by atoms with van der Waals surface area (Å²) in [7, 11) is 1.86. The first-order valence-corrected chi connectivity index (χ1v) is 12.4. The van der Waals surface area contributed by atoms with Gasteiger partial charge in [-0.1, -0.05) is 26.8 Å². The molecule has 0 spiro atoms. The number of rotatable bonds is 8. The van der Waals surface area contributed by atoms with Crippen LogP contribution in [0.2, 0.25) is 0 Å². The van der Waals surface area contributed by atoms with Crippen molar-refractivity contribution in [1.82, 2.24) is 29.7 Å². The van der Waals surface area contributed by atoms with E-state index in [9.17, 15) is 19.4 Å². The Labute approximate surface area is 220 Å². The maximum Gasteiger partial charge on any atom is 0.319 e. The molecule has 4 atom stereocenters. The van der Waals surface area contributed by atoms with E-state index in [0.717, 1.165) is 0 Å². The number of nitrogen functional groups attached to an aromatic ring is 1. The van der Waals surface area contributed by atoms with E-state index in [4.69, 9.17) is 10.5 Å². The first-order valence-electron chi connectivity index (χ1n) is 12.4. The highest BCUT2D eigenvalue weighted by atomic mass is 19.1. The fraction of sp³-hybridized carbons (Fsp3) is 0.520. The highest BCUT2D eigenvalue weighted by Gasteiger charge is 2.44. The highest BCUT2D eigenvalue weighted by molar-refractivity contribution is 5.89. The molecule has 0 bridgehead atoms. The zero-order valence-corrected chi connectivity index (χ0v) is 21.9. The van der Waals surface area contributed by atoms with Crippen LogP contribution in [0.3, 0.4) is 0 Å². The first kappa shape index (κ1) is 27.6. The van der Waals surface area contributed by atoms with Crippen LogP contribution in [-0.4, -0.2) is 85.7 Å². The number of imidazole rings is 1. The molecule has 0 radical (unpaired) electrons. The average Bonchev–Trinajstić information content (AvgIpc) is 3.38. The fourth-order valence-electron chi connectivity index (χ4n) is 4.49. The second kappa shape index (κ2) is 11.2. The van der Waals surface area contributed by atoms with Crippen LogP contribution < -0.4 is 16.4 Å². The number of likely N-dealkylation sites (N-methyl/N-ethyl adjacent to an activating group) is 1. The molecular weight excluding hydrogens is 495 g/mol. The minimum absolute atomic E-state index is 0.214. The van der Waals surface area contributed by atoms with Crippen LogP contribution in [0.25, 0.3) is 11.2 Å². The highest BCUT2D eigenvalue weighted by Crippen LogP contribution is 2.32. The van der Waals surface area contributed by atoms with E-state index in [1.807, 2.05) is 32.7 Å². The van der Waals surface area contributed by atoms with Gasteiger partial charge in [-0.3, -0.25) is 4.57 Å². The Kier molecular flexibility index (Phi) is 8.11. The number of nitrogens with two attached hydrogens (primary N) is 1. The molecule has 38 heavy (non-hydrogen) atoms. The largest absolute Gasteiger partial charge is 0.387 e. The van der Waals surface area contributed by atoms with E-state index >= 15 is 0 Å². The minimum Gasteiger partial charge on any atom is -0.387 e. The Morgan fingerprint density at radius 2 is 2.00 bits per heavy atom. The number of amides is 2. The van der Waals surface area contributed by atoms with Crippen LogP contribution in [0.5, 0.6) is 0 Å². The predicted molar refractivity (Wildman–Crippen MR) is 140 cm³/mol. The lowest BCUT2D eigenvalue weighted by Gasteiger charge is -2.23. The van der Waals surface area contributed by atoms with E-state index in [1.165, 1.54) is 23.3 Å². The third-order valence-corrected chi connectivity index (χ3v) is 6.53. The van der Waals surface area contributed by atoms with Crippen LogP contribution in [0.15, 0.2) is 30.9 Å². The minimum atomic E-state index is -1.19. The van der Waals surface area contributed by atoms with Gasteiger partial charge in [-0.2, -0.15) is 0 Å². The summed E-state index contributed by atoms with van der Waals surface area (Å²) in [4.78, 5) is 26.4. The molecule has 2 aromatic heterocycles. The Hall–Kier alpha value is -3.39. The van der Waals surface area contributed by atoms with Crippen LogP contribution in [0.4, 0.5) is 20.7 Å². The summed E-state index contributed by atoms with van der Waals surface area (Å²) in [6.07, 6.45) is -0.462. The smallest absolute Gasteiger partial charge is 0.319 e. The standard InChI is InChI=1S/C25H35FN8O4/c1-25(2,3)15-7-6-14(10-16(15)26)32-24(37)28-8-5-9-33(4)11-17-19(35)20(36)23(38-17)34-13-31-18-21(27)29-12-30-22(18)34/h6-7,10,12-13,17,19-20,23,35-36H,5,8-9,11H2,1-4H3,(H2,27,29,30)(H2,28,32,37)/t17-,19-,20-,23?/m1/s1. The van der Waals surface area contributed by atoms with Gasteiger partial charge in [-0.15, -0.1) is 0 Å². The van der Waals surface area contributed by atoms with Crippen LogP contribution in [0.1, 0.15) is 39.0 Å². The number of hydrogen-bond donors (Lipinski definition) is 5. The Balaban J connectivity index is 1.22. The number of carbonyl (C=O) groups is 1. The number of aromatic nitrogens is 4. The number of carbonyl (C=O) groups excluding carboxylic acids is 1. The van der Waals surface area contributed by atoms with E-state index < -0.39 is 30.6 Å². The van der Waals surface area contributed by atoms with E-state index in [2.05, 4.69) is 25.6 Å². The summed E-state index contributed by atoms with van der Waals surface area (Å²) in [5.41, 5.74) is 7.26. The van der Waals surface area contributed by atoms with Gasteiger partial charge >= 0.3 is 6.03 Å². The van der Waals surface area contributed by atoms with Gasteiger partial charge in [-0.25, -0.2) is 24.1 Å².